The van der Waals surface area contributed by atoms with Crippen LogP contribution in [0.1, 0.15) is 42.1 Å². The number of thiophene rings is 1. The summed E-state index contributed by atoms with van der Waals surface area (Å²) < 4.78 is 11.2. The number of hydrogen-bond acceptors (Lipinski definition) is 6. The molecule has 20 heavy (non-hydrogen) atoms. The Labute approximate surface area is 121 Å². The van der Waals surface area contributed by atoms with Gasteiger partial charge in [-0.3, -0.25) is 4.90 Å². The Morgan fingerprint density at radius 3 is 3.15 bits per heavy atom. The molecule has 1 atom stereocenters. The molecule has 1 aliphatic heterocycles. The van der Waals surface area contributed by atoms with Crippen LogP contribution in [0, 0.1) is 0 Å². The van der Waals surface area contributed by atoms with Crippen LogP contribution >= 0.6 is 11.3 Å². The summed E-state index contributed by atoms with van der Waals surface area (Å²) in [6.45, 7) is 3.33. The summed E-state index contributed by atoms with van der Waals surface area (Å²) in [6.07, 6.45) is 2.56. The molecule has 0 amide bonds. The van der Waals surface area contributed by atoms with Crippen molar-refractivity contribution in [3.8, 4) is 0 Å². The Morgan fingerprint density at radius 2 is 2.35 bits per heavy atom. The van der Waals surface area contributed by atoms with Gasteiger partial charge in [-0.1, -0.05) is 5.16 Å². The lowest BCUT2D eigenvalue weighted by molar-refractivity contribution is -0.0336. The molecule has 0 unspecified atom stereocenters. The summed E-state index contributed by atoms with van der Waals surface area (Å²) in [4.78, 5) is 6.84. The van der Waals surface area contributed by atoms with Gasteiger partial charge in [-0.15, -0.1) is 0 Å². The molecular weight excluding hydrogens is 274 g/mol. The number of nitrogens with zero attached hydrogens (tertiary/aromatic N) is 3. The van der Waals surface area contributed by atoms with Crippen molar-refractivity contribution in [1.29, 1.82) is 0 Å². The maximum Gasteiger partial charge on any atom is 0.229 e. The van der Waals surface area contributed by atoms with Crippen LogP contribution in [0.5, 0.6) is 0 Å². The summed E-state index contributed by atoms with van der Waals surface area (Å²) in [7, 11) is 0. The molecule has 0 aromatic carbocycles. The first-order chi connectivity index (χ1) is 9.88. The zero-order valence-corrected chi connectivity index (χ0v) is 12.0. The molecule has 0 radical (unpaired) electrons. The van der Waals surface area contributed by atoms with Gasteiger partial charge in [0.1, 0.15) is 0 Å². The standard InChI is InChI=1S/C14H17N3O2S/c1-2-10(1)14-15-13(16-19-14)8-17-4-5-18-12(7-17)11-3-6-20-9-11/h3,6,9-10,12H,1-2,4-5,7-8H2/t12-/m0/s1. The highest BCUT2D eigenvalue weighted by Crippen LogP contribution is 2.38. The van der Waals surface area contributed by atoms with Gasteiger partial charge in [0, 0.05) is 19.0 Å². The van der Waals surface area contributed by atoms with Crippen LogP contribution in [0.4, 0.5) is 0 Å². The van der Waals surface area contributed by atoms with E-state index in [0.29, 0.717) is 5.92 Å². The van der Waals surface area contributed by atoms with Crippen LogP contribution < -0.4 is 0 Å². The van der Waals surface area contributed by atoms with Gasteiger partial charge in [0.25, 0.3) is 0 Å². The van der Waals surface area contributed by atoms with Crippen LogP contribution in [0.15, 0.2) is 21.3 Å². The summed E-state index contributed by atoms with van der Waals surface area (Å²) in [5.41, 5.74) is 1.27. The Bertz CT molecular complexity index is 565. The lowest BCUT2D eigenvalue weighted by atomic mass is 10.1. The normalized spacial score (nSPS) is 24.1. The Kier molecular flexibility index (Phi) is 3.29. The number of hydrogen-bond donors (Lipinski definition) is 0. The average Bonchev–Trinajstić information content (AvgIpc) is 3.00. The fourth-order valence-corrected chi connectivity index (χ4v) is 3.24. The third-order valence-electron chi connectivity index (χ3n) is 3.84. The van der Waals surface area contributed by atoms with E-state index in [-0.39, 0.29) is 6.10 Å². The molecule has 106 valence electrons. The topological polar surface area (TPSA) is 51.4 Å². The van der Waals surface area contributed by atoms with Gasteiger partial charge in [0.2, 0.25) is 5.89 Å². The molecule has 2 aromatic rings. The van der Waals surface area contributed by atoms with Crippen molar-refractivity contribution >= 4 is 11.3 Å². The molecule has 2 aliphatic rings. The first-order valence-corrected chi connectivity index (χ1v) is 8.01. The summed E-state index contributed by atoms with van der Waals surface area (Å²) >= 11 is 1.71. The van der Waals surface area contributed by atoms with E-state index in [1.165, 1.54) is 18.4 Å². The molecule has 0 spiro atoms. The number of rotatable bonds is 4. The van der Waals surface area contributed by atoms with Gasteiger partial charge in [0.15, 0.2) is 5.82 Å². The first kappa shape index (κ1) is 12.5. The van der Waals surface area contributed by atoms with Crippen molar-refractivity contribution in [2.45, 2.75) is 31.4 Å². The lowest BCUT2D eigenvalue weighted by Gasteiger charge is -2.31. The summed E-state index contributed by atoms with van der Waals surface area (Å²) in [5.74, 6) is 2.15. The average molecular weight is 291 g/mol. The highest BCUT2D eigenvalue weighted by atomic mass is 32.1. The van der Waals surface area contributed by atoms with E-state index >= 15 is 0 Å². The monoisotopic (exact) mass is 291 g/mol. The van der Waals surface area contributed by atoms with Gasteiger partial charge >= 0.3 is 0 Å². The zero-order chi connectivity index (χ0) is 13.4. The predicted octanol–water partition coefficient (Wildman–Crippen LogP) is 2.58. The minimum atomic E-state index is 0.171. The summed E-state index contributed by atoms with van der Waals surface area (Å²) in [5, 5.41) is 8.35. The molecular formula is C14H17N3O2S. The Morgan fingerprint density at radius 1 is 1.40 bits per heavy atom. The van der Waals surface area contributed by atoms with Crippen molar-refractivity contribution in [2.75, 3.05) is 19.7 Å². The van der Waals surface area contributed by atoms with Gasteiger partial charge in [-0.05, 0) is 35.2 Å². The van der Waals surface area contributed by atoms with Gasteiger partial charge in [-0.25, -0.2) is 0 Å². The fraction of sp³-hybridized carbons (Fsp3) is 0.571. The molecule has 2 aromatic heterocycles. The van der Waals surface area contributed by atoms with E-state index in [1.54, 1.807) is 11.3 Å². The van der Waals surface area contributed by atoms with Crippen molar-refractivity contribution in [3.63, 3.8) is 0 Å². The molecule has 4 rings (SSSR count). The molecule has 5 nitrogen and oxygen atoms in total. The van der Waals surface area contributed by atoms with Crippen molar-refractivity contribution in [3.05, 3.63) is 34.1 Å². The van der Waals surface area contributed by atoms with Crippen LogP contribution in [-0.2, 0) is 11.3 Å². The molecule has 0 N–H and O–H groups in total. The van der Waals surface area contributed by atoms with E-state index in [0.717, 1.165) is 38.0 Å². The SMILES string of the molecule is c1cc([C@@H]2CN(Cc3noc(C4CC4)n3)CCO2)cs1. The van der Waals surface area contributed by atoms with Crippen molar-refractivity contribution in [2.24, 2.45) is 0 Å². The number of morpholine rings is 1. The minimum Gasteiger partial charge on any atom is -0.371 e. The van der Waals surface area contributed by atoms with E-state index in [4.69, 9.17) is 9.26 Å². The molecule has 0 bridgehead atoms. The van der Waals surface area contributed by atoms with E-state index in [2.05, 4.69) is 31.9 Å². The second-order valence-corrected chi connectivity index (χ2v) is 6.25. The Balaban J connectivity index is 1.40. The molecule has 6 heteroatoms. The Hall–Kier alpha value is -1.24. The fourth-order valence-electron chi connectivity index (χ4n) is 2.53. The molecule has 1 saturated heterocycles. The van der Waals surface area contributed by atoms with Gasteiger partial charge in [0.05, 0.1) is 19.3 Å². The number of aromatic nitrogens is 2. The highest BCUT2D eigenvalue weighted by molar-refractivity contribution is 7.07. The third-order valence-corrected chi connectivity index (χ3v) is 4.54. The van der Waals surface area contributed by atoms with Crippen molar-refractivity contribution in [1.82, 2.24) is 15.0 Å². The first-order valence-electron chi connectivity index (χ1n) is 7.07. The van der Waals surface area contributed by atoms with E-state index < -0.39 is 0 Å². The predicted molar refractivity (Wildman–Crippen MR) is 74.6 cm³/mol. The highest BCUT2D eigenvalue weighted by Gasteiger charge is 2.30. The lowest BCUT2D eigenvalue weighted by Crippen LogP contribution is -2.37. The maximum absolute atomic E-state index is 5.84. The van der Waals surface area contributed by atoms with E-state index in [9.17, 15) is 0 Å². The minimum absolute atomic E-state index is 0.171. The second-order valence-electron chi connectivity index (χ2n) is 5.47. The van der Waals surface area contributed by atoms with E-state index in [1.807, 2.05) is 0 Å². The van der Waals surface area contributed by atoms with Gasteiger partial charge in [-0.2, -0.15) is 16.3 Å². The largest absolute Gasteiger partial charge is 0.371 e. The molecule has 3 heterocycles. The molecule has 2 fully saturated rings. The van der Waals surface area contributed by atoms with Crippen LogP contribution in [0.3, 0.4) is 0 Å². The molecule has 1 saturated carbocycles. The molecule has 1 aliphatic carbocycles. The third kappa shape index (κ3) is 2.63. The maximum atomic E-state index is 5.84. The van der Waals surface area contributed by atoms with Crippen molar-refractivity contribution < 1.29 is 9.26 Å². The summed E-state index contributed by atoms with van der Waals surface area (Å²) in [6, 6.07) is 2.14. The zero-order valence-electron chi connectivity index (χ0n) is 11.2. The van der Waals surface area contributed by atoms with Gasteiger partial charge < -0.3 is 9.26 Å². The smallest absolute Gasteiger partial charge is 0.229 e. The second kappa shape index (κ2) is 5.27. The van der Waals surface area contributed by atoms with Crippen LogP contribution in [-0.4, -0.2) is 34.7 Å². The van der Waals surface area contributed by atoms with Crippen LogP contribution in [0.2, 0.25) is 0 Å². The number of ether oxygens (including phenoxy) is 1. The quantitative estimate of drug-likeness (QED) is 0.866. The van der Waals surface area contributed by atoms with Crippen LogP contribution in [0.25, 0.3) is 0 Å².